The van der Waals surface area contributed by atoms with Gasteiger partial charge in [-0.3, -0.25) is 0 Å². The van der Waals surface area contributed by atoms with Gasteiger partial charge in [0, 0.05) is 0 Å². The van der Waals surface area contributed by atoms with E-state index in [0.717, 1.165) is 18.6 Å². The Morgan fingerprint density at radius 2 is 1.56 bits per heavy atom. The average Bonchev–Trinajstić information content (AvgIpc) is 2.42. The lowest BCUT2D eigenvalue weighted by molar-refractivity contribution is 0.193. The summed E-state index contributed by atoms with van der Waals surface area (Å²) in [5.74, 6) is 1.01. The van der Waals surface area contributed by atoms with Crippen molar-refractivity contribution in [3.05, 3.63) is 29.8 Å². The number of hydrogen-bond donors (Lipinski definition) is 0. The molecule has 0 aliphatic carbocycles. The molecule has 0 unspecified atom stereocenters. The van der Waals surface area contributed by atoms with Crippen LogP contribution in [0.3, 0.4) is 0 Å². The minimum absolute atomic E-state index is 0.361. The number of hydrogen-bond acceptors (Lipinski definition) is 1. The Bertz CT molecular complexity index is 298. The quantitative estimate of drug-likeness (QED) is 0.533. The van der Waals surface area contributed by atoms with E-state index < -0.39 is 0 Å². The summed E-state index contributed by atoms with van der Waals surface area (Å²) < 4.78 is 5.91. The third-order valence-corrected chi connectivity index (χ3v) is 3.46. The first kappa shape index (κ1) is 15.1. The van der Waals surface area contributed by atoms with Crippen molar-refractivity contribution < 1.29 is 4.74 Å². The van der Waals surface area contributed by atoms with Gasteiger partial charge in [-0.15, -0.1) is 0 Å². The minimum Gasteiger partial charge on any atom is -0.490 e. The molecule has 0 saturated heterocycles. The molecule has 0 bridgehead atoms. The lowest BCUT2D eigenvalue weighted by Gasteiger charge is -2.15. The third-order valence-electron chi connectivity index (χ3n) is 3.46. The largest absolute Gasteiger partial charge is 0.490 e. The van der Waals surface area contributed by atoms with Gasteiger partial charge in [-0.1, -0.05) is 52.2 Å². The van der Waals surface area contributed by atoms with Crippen LogP contribution in [0.5, 0.6) is 5.75 Å². The van der Waals surface area contributed by atoms with E-state index in [4.69, 9.17) is 4.74 Å². The van der Waals surface area contributed by atoms with E-state index in [1.54, 1.807) is 0 Å². The van der Waals surface area contributed by atoms with Crippen molar-refractivity contribution in [2.24, 2.45) is 0 Å². The number of unbranched alkanes of at least 4 members (excludes halogenated alkanes) is 3. The Labute approximate surface area is 113 Å². The molecule has 0 heterocycles. The number of ether oxygens (including phenoxy) is 1. The normalized spacial score (nSPS) is 10.9. The Hall–Kier alpha value is -0.980. The second-order valence-corrected chi connectivity index (χ2v) is 5.01. The summed E-state index contributed by atoms with van der Waals surface area (Å²) in [5.41, 5.74) is 1.43. The van der Waals surface area contributed by atoms with Crippen LogP contribution >= 0.6 is 0 Å². The van der Waals surface area contributed by atoms with Crippen molar-refractivity contribution in [2.45, 2.75) is 71.8 Å². The maximum absolute atomic E-state index is 5.91. The van der Waals surface area contributed by atoms with E-state index in [1.807, 2.05) is 0 Å². The van der Waals surface area contributed by atoms with Crippen molar-refractivity contribution in [3.63, 3.8) is 0 Å². The van der Waals surface area contributed by atoms with Crippen LogP contribution in [-0.2, 0) is 6.42 Å². The lowest BCUT2D eigenvalue weighted by Crippen LogP contribution is -2.13. The molecule has 18 heavy (non-hydrogen) atoms. The van der Waals surface area contributed by atoms with Crippen molar-refractivity contribution in [2.75, 3.05) is 0 Å². The number of benzene rings is 1. The smallest absolute Gasteiger partial charge is 0.119 e. The van der Waals surface area contributed by atoms with Gasteiger partial charge in [0.1, 0.15) is 5.75 Å². The molecular formula is C17H28O. The van der Waals surface area contributed by atoms with Crippen LogP contribution in [0.4, 0.5) is 0 Å². The standard InChI is InChI=1S/C17H28O/c1-4-7-8-9-10-15-11-13-17(14-12-15)18-16(5-2)6-3/h11-14,16H,4-10H2,1-3H3. The van der Waals surface area contributed by atoms with Crippen LogP contribution in [-0.4, -0.2) is 6.10 Å². The molecule has 0 N–H and O–H groups in total. The zero-order chi connectivity index (χ0) is 13.2. The van der Waals surface area contributed by atoms with Crippen LogP contribution < -0.4 is 4.74 Å². The molecule has 0 radical (unpaired) electrons. The molecule has 1 aromatic carbocycles. The lowest BCUT2D eigenvalue weighted by atomic mass is 10.1. The van der Waals surface area contributed by atoms with Gasteiger partial charge in [0.25, 0.3) is 0 Å². The first-order chi connectivity index (χ1) is 8.80. The highest BCUT2D eigenvalue weighted by molar-refractivity contribution is 5.27. The van der Waals surface area contributed by atoms with Gasteiger partial charge in [0.05, 0.1) is 6.10 Å². The van der Waals surface area contributed by atoms with E-state index in [0.29, 0.717) is 6.10 Å². The summed E-state index contributed by atoms with van der Waals surface area (Å²) in [6, 6.07) is 8.66. The Balaban J connectivity index is 2.37. The summed E-state index contributed by atoms with van der Waals surface area (Å²) in [5, 5.41) is 0. The highest BCUT2D eigenvalue weighted by Crippen LogP contribution is 2.17. The Morgan fingerprint density at radius 1 is 0.889 bits per heavy atom. The molecule has 0 aliphatic heterocycles. The average molecular weight is 248 g/mol. The van der Waals surface area contributed by atoms with Gasteiger partial charge in [0.15, 0.2) is 0 Å². The van der Waals surface area contributed by atoms with Crippen molar-refractivity contribution >= 4 is 0 Å². The van der Waals surface area contributed by atoms with E-state index in [2.05, 4.69) is 45.0 Å². The Morgan fingerprint density at radius 3 is 2.11 bits per heavy atom. The highest BCUT2D eigenvalue weighted by Gasteiger charge is 2.04. The van der Waals surface area contributed by atoms with Gasteiger partial charge >= 0.3 is 0 Å². The molecule has 0 atom stereocenters. The molecule has 1 rings (SSSR count). The molecule has 0 aromatic heterocycles. The fraction of sp³-hybridized carbons (Fsp3) is 0.647. The second kappa shape index (κ2) is 9.02. The molecule has 0 saturated carbocycles. The van der Waals surface area contributed by atoms with Gasteiger partial charge < -0.3 is 4.74 Å². The molecule has 1 heteroatoms. The predicted molar refractivity (Wildman–Crippen MR) is 79.3 cm³/mol. The van der Waals surface area contributed by atoms with Crippen molar-refractivity contribution in [3.8, 4) is 5.75 Å². The van der Waals surface area contributed by atoms with E-state index in [1.165, 1.54) is 37.7 Å². The fourth-order valence-electron chi connectivity index (χ4n) is 2.14. The zero-order valence-electron chi connectivity index (χ0n) is 12.2. The Kier molecular flexibility index (Phi) is 7.55. The van der Waals surface area contributed by atoms with Gasteiger partial charge in [-0.2, -0.15) is 0 Å². The van der Waals surface area contributed by atoms with E-state index >= 15 is 0 Å². The molecular weight excluding hydrogens is 220 g/mol. The van der Waals surface area contributed by atoms with Crippen LogP contribution in [0.2, 0.25) is 0 Å². The second-order valence-electron chi connectivity index (χ2n) is 5.01. The van der Waals surface area contributed by atoms with E-state index in [9.17, 15) is 0 Å². The van der Waals surface area contributed by atoms with E-state index in [-0.39, 0.29) is 0 Å². The van der Waals surface area contributed by atoms with Gasteiger partial charge in [0.2, 0.25) is 0 Å². The van der Waals surface area contributed by atoms with Crippen molar-refractivity contribution in [1.82, 2.24) is 0 Å². The first-order valence-electron chi connectivity index (χ1n) is 7.55. The van der Waals surface area contributed by atoms with Crippen LogP contribution in [0.25, 0.3) is 0 Å². The van der Waals surface area contributed by atoms with Crippen LogP contribution in [0.15, 0.2) is 24.3 Å². The highest BCUT2D eigenvalue weighted by atomic mass is 16.5. The minimum atomic E-state index is 0.361. The van der Waals surface area contributed by atoms with Crippen LogP contribution in [0.1, 0.15) is 64.9 Å². The fourth-order valence-corrected chi connectivity index (χ4v) is 2.14. The monoisotopic (exact) mass is 248 g/mol. The van der Waals surface area contributed by atoms with Crippen molar-refractivity contribution in [1.29, 1.82) is 0 Å². The maximum Gasteiger partial charge on any atom is 0.119 e. The molecule has 1 nitrogen and oxygen atoms in total. The summed E-state index contributed by atoms with van der Waals surface area (Å²) in [6.45, 7) is 6.61. The zero-order valence-corrected chi connectivity index (χ0v) is 12.2. The molecule has 1 aromatic rings. The summed E-state index contributed by atoms with van der Waals surface area (Å²) in [7, 11) is 0. The number of rotatable bonds is 9. The third kappa shape index (κ3) is 5.57. The molecule has 0 amide bonds. The maximum atomic E-state index is 5.91. The number of aryl methyl sites for hydroxylation is 1. The van der Waals surface area contributed by atoms with Crippen LogP contribution in [0, 0.1) is 0 Å². The van der Waals surface area contributed by atoms with Gasteiger partial charge in [-0.05, 0) is 43.4 Å². The topological polar surface area (TPSA) is 9.23 Å². The van der Waals surface area contributed by atoms with Gasteiger partial charge in [-0.25, -0.2) is 0 Å². The summed E-state index contributed by atoms with van der Waals surface area (Å²) in [6.07, 6.45) is 9.04. The predicted octanol–water partition coefficient (Wildman–Crippen LogP) is 5.38. The summed E-state index contributed by atoms with van der Waals surface area (Å²) >= 11 is 0. The molecule has 0 spiro atoms. The SMILES string of the molecule is CCCCCCc1ccc(OC(CC)CC)cc1. The first-order valence-corrected chi connectivity index (χ1v) is 7.55. The molecule has 0 aliphatic rings. The summed E-state index contributed by atoms with van der Waals surface area (Å²) in [4.78, 5) is 0. The molecule has 102 valence electrons. The molecule has 0 fully saturated rings.